The molecule has 1 aliphatic heterocycles. The minimum Gasteiger partial charge on any atom is -0.460 e. The van der Waals surface area contributed by atoms with Crippen LogP contribution in [0, 0.1) is 0 Å². The summed E-state index contributed by atoms with van der Waals surface area (Å²) in [6, 6.07) is 54.4. The molecule has 0 spiro atoms. The van der Waals surface area contributed by atoms with Crippen LogP contribution in [-0.2, 0) is 6.54 Å². The summed E-state index contributed by atoms with van der Waals surface area (Å²) in [4.78, 5) is 14.1. The smallest absolute Gasteiger partial charge is 0.161 e. The van der Waals surface area contributed by atoms with Gasteiger partial charge in [-0.2, -0.15) is 0 Å². The first-order valence-corrected chi connectivity index (χ1v) is 16.9. The lowest BCUT2D eigenvalue weighted by Gasteiger charge is -2.24. The third-order valence-electron chi connectivity index (χ3n) is 9.31. The van der Waals surface area contributed by atoms with E-state index in [1.165, 1.54) is 22.3 Å². The molecular weight excluding hydrogens is 611 g/mol. The number of amidine groups is 2. The maximum absolute atomic E-state index is 6.71. The van der Waals surface area contributed by atoms with Gasteiger partial charge in [-0.1, -0.05) is 158 Å². The highest BCUT2D eigenvalue weighted by Crippen LogP contribution is 2.54. The summed E-state index contributed by atoms with van der Waals surface area (Å²) in [5, 5.41) is 0. The number of aliphatic imine (C=N–C) groups is 3. The highest BCUT2D eigenvalue weighted by Gasteiger charge is 2.39. The van der Waals surface area contributed by atoms with Crippen LogP contribution in [0.5, 0.6) is 5.75 Å². The first-order chi connectivity index (χ1) is 24.7. The van der Waals surface area contributed by atoms with Gasteiger partial charge in [-0.05, 0) is 52.7 Å². The zero-order valence-corrected chi connectivity index (χ0v) is 27.6. The van der Waals surface area contributed by atoms with Gasteiger partial charge in [-0.15, -0.1) is 0 Å². The van der Waals surface area contributed by atoms with Crippen molar-refractivity contribution in [1.82, 2.24) is 0 Å². The van der Waals surface area contributed by atoms with E-state index in [0.29, 0.717) is 18.2 Å². The Labute approximate surface area is 293 Å². The molecule has 8 rings (SSSR count). The van der Waals surface area contributed by atoms with Gasteiger partial charge in [-0.3, -0.25) is 4.99 Å². The third-order valence-corrected chi connectivity index (χ3v) is 9.31. The maximum atomic E-state index is 6.71. The van der Waals surface area contributed by atoms with Crippen LogP contribution < -0.4 is 4.74 Å². The van der Waals surface area contributed by atoms with Gasteiger partial charge in [0.1, 0.15) is 11.5 Å². The fourth-order valence-corrected chi connectivity index (χ4v) is 6.82. The molecule has 1 heterocycles. The van der Waals surface area contributed by atoms with Crippen LogP contribution in [0.25, 0.3) is 22.3 Å². The van der Waals surface area contributed by atoms with Crippen LogP contribution in [0.3, 0.4) is 0 Å². The predicted octanol–water partition coefficient (Wildman–Crippen LogP) is 10.8. The second-order valence-corrected chi connectivity index (χ2v) is 12.4. The summed E-state index contributed by atoms with van der Waals surface area (Å²) >= 11 is 0. The first-order valence-electron chi connectivity index (χ1n) is 16.9. The molecule has 0 saturated carbocycles. The summed E-state index contributed by atoms with van der Waals surface area (Å²) in [5.41, 5.74) is 10.0. The molecule has 0 amide bonds. The summed E-state index contributed by atoms with van der Waals surface area (Å²) in [5.74, 6) is 3.30. The molecule has 2 aliphatic rings. The van der Waals surface area contributed by atoms with E-state index in [2.05, 4.69) is 127 Å². The van der Waals surface area contributed by atoms with Crippen LogP contribution in [0.1, 0.15) is 39.7 Å². The average Bonchev–Trinajstić information content (AvgIpc) is 3.58. The van der Waals surface area contributed by atoms with Crippen molar-refractivity contribution in [2.45, 2.75) is 18.4 Å². The van der Waals surface area contributed by atoms with Crippen LogP contribution in [0.2, 0.25) is 0 Å². The Morgan fingerprint density at radius 2 is 1.22 bits per heavy atom. The van der Waals surface area contributed by atoms with E-state index in [4.69, 9.17) is 14.7 Å². The molecule has 50 heavy (non-hydrogen) atoms. The molecule has 6 aromatic carbocycles. The van der Waals surface area contributed by atoms with Crippen molar-refractivity contribution in [3.63, 3.8) is 0 Å². The molecule has 4 heteroatoms. The van der Waals surface area contributed by atoms with E-state index < -0.39 is 0 Å². The number of hydrogen-bond acceptors (Lipinski definition) is 2. The van der Waals surface area contributed by atoms with Crippen molar-refractivity contribution in [1.29, 1.82) is 0 Å². The monoisotopic (exact) mass is 645 g/mol. The minimum absolute atomic E-state index is 0.0758. The van der Waals surface area contributed by atoms with Gasteiger partial charge in [0.05, 0.1) is 12.5 Å². The molecule has 2 unspecified atom stereocenters. The van der Waals surface area contributed by atoms with Crippen LogP contribution in [-0.4, -0.2) is 18.4 Å². The lowest BCUT2D eigenvalue weighted by Crippen LogP contribution is -2.12. The molecule has 0 saturated heterocycles. The van der Waals surface area contributed by atoms with Gasteiger partial charge < -0.3 is 4.74 Å². The number of benzene rings is 6. The number of rotatable bonds is 7. The van der Waals surface area contributed by atoms with Crippen molar-refractivity contribution in [3.05, 3.63) is 210 Å². The largest absolute Gasteiger partial charge is 0.460 e. The maximum Gasteiger partial charge on any atom is 0.161 e. The standard InChI is InChI=1S/C46H35N3O/c1-47-45(36-19-10-4-11-20-36)49-46(37-21-12-5-13-22-37)48-31-32-25-27-35(28-26-32)39-23-14-24-42-43(39)41-30-38(33-15-6-2-7-16-33)29-40(44(41)50-42)34-17-8-3-9-18-34/h2-30,39,43H,1,31H2. The Bertz CT molecular complexity index is 2250. The van der Waals surface area contributed by atoms with Gasteiger partial charge in [-0.25, -0.2) is 9.98 Å². The van der Waals surface area contributed by atoms with Crippen molar-refractivity contribution < 1.29 is 4.74 Å². The molecule has 1 aliphatic carbocycles. The Morgan fingerprint density at radius 1 is 0.620 bits per heavy atom. The number of ether oxygens (including phenoxy) is 1. The van der Waals surface area contributed by atoms with E-state index in [1.807, 2.05) is 60.7 Å². The Balaban J connectivity index is 1.12. The highest BCUT2D eigenvalue weighted by atomic mass is 16.5. The molecule has 2 atom stereocenters. The minimum atomic E-state index is 0.0758. The van der Waals surface area contributed by atoms with Crippen molar-refractivity contribution in [2.24, 2.45) is 15.0 Å². The van der Waals surface area contributed by atoms with Crippen LogP contribution in [0.15, 0.2) is 197 Å². The summed E-state index contributed by atoms with van der Waals surface area (Å²) < 4.78 is 6.71. The first kappa shape index (κ1) is 30.9. The molecular formula is C46H35N3O. The number of hydrogen-bond donors (Lipinski definition) is 0. The zero-order chi connectivity index (χ0) is 33.7. The lowest BCUT2D eigenvalue weighted by atomic mass is 9.77. The third kappa shape index (κ3) is 6.27. The van der Waals surface area contributed by atoms with E-state index >= 15 is 0 Å². The van der Waals surface area contributed by atoms with Crippen LogP contribution in [0.4, 0.5) is 0 Å². The molecule has 6 aromatic rings. The topological polar surface area (TPSA) is 46.3 Å². The Hall–Kier alpha value is -6.39. The van der Waals surface area contributed by atoms with Crippen molar-refractivity contribution in [3.8, 4) is 28.0 Å². The number of nitrogens with zero attached hydrogens (tertiary/aromatic N) is 3. The molecule has 4 nitrogen and oxygen atoms in total. The Morgan fingerprint density at radius 3 is 1.86 bits per heavy atom. The van der Waals surface area contributed by atoms with Crippen LogP contribution >= 0.6 is 0 Å². The fourth-order valence-electron chi connectivity index (χ4n) is 6.82. The van der Waals surface area contributed by atoms with Gasteiger partial charge in [0, 0.05) is 28.2 Å². The SMILES string of the molecule is C=NC(=NC(=NCc1ccc(C2C=CC=C3Oc4c(-c5ccccc5)cc(-c5ccccc5)cc4C32)cc1)c1ccccc1)c1ccccc1. The van der Waals surface area contributed by atoms with Gasteiger partial charge in [0.25, 0.3) is 0 Å². The van der Waals surface area contributed by atoms with E-state index in [1.54, 1.807) is 0 Å². The summed E-state index contributed by atoms with van der Waals surface area (Å²) in [7, 11) is 0. The molecule has 240 valence electrons. The molecule has 0 aromatic heterocycles. The van der Waals surface area contributed by atoms with Crippen molar-refractivity contribution >= 4 is 18.4 Å². The van der Waals surface area contributed by atoms with Crippen molar-refractivity contribution in [2.75, 3.05) is 0 Å². The second-order valence-electron chi connectivity index (χ2n) is 12.4. The fraction of sp³-hybridized carbons (Fsp3) is 0.0652. The number of fused-ring (bicyclic) bond motifs is 3. The average molecular weight is 646 g/mol. The van der Waals surface area contributed by atoms with E-state index in [-0.39, 0.29) is 11.8 Å². The predicted molar refractivity (Wildman–Crippen MR) is 206 cm³/mol. The highest BCUT2D eigenvalue weighted by molar-refractivity contribution is 6.12. The quantitative estimate of drug-likeness (QED) is 0.126. The van der Waals surface area contributed by atoms with Gasteiger partial charge >= 0.3 is 0 Å². The Kier molecular flexibility index (Phi) is 8.65. The van der Waals surface area contributed by atoms with E-state index in [0.717, 1.165) is 39.3 Å². The molecule has 0 fully saturated rings. The molecule has 0 bridgehead atoms. The second kappa shape index (κ2) is 14.0. The molecule has 0 radical (unpaired) electrons. The lowest BCUT2D eigenvalue weighted by molar-refractivity contribution is 0.418. The number of allylic oxidation sites excluding steroid dienone is 4. The summed E-state index contributed by atoms with van der Waals surface area (Å²) in [6.07, 6.45) is 6.55. The molecule has 0 N–H and O–H groups in total. The normalized spacial score (nSPS) is 16.6. The summed E-state index contributed by atoms with van der Waals surface area (Å²) in [6.45, 7) is 4.26. The zero-order valence-electron chi connectivity index (χ0n) is 27.6. The van der Waals surface area contributed by atoms with E-state index in [9.17, 15) is 0 Å². The van der Waals surface area contributed by atoms with Gasteiger partial charge in [0.15, 0.2) is 11.7 Å². The van der Waals surface area contributed by atoms with Gasteiger partial charge in [0.2, 0.25) is 0 Å².